The third kappa shape index (κ3) is 5.10. The maximum absolute atomic E-state index is 4.62. The lowest BCUT2D eigenvalue weighted by atomic mass is 10.6. The second-order valence-corrected chi connectivity index (χ2v) is 1.95. The molecule has 0 amide bonds. The third-order valence-electron chi connectivity index (χ3n) is 0.162. The fourth-order valence-corrected chi connectivity index (χ4v) is 0.896. The predicted octanol–water partition coefficient (Wildman–Crippen LogP) is 0.982. The van der Waals surface area contributed by atoms with Gasteiger partial charge >= 0.3 is 6.76 Å². The van der Waals surface area contributed by atoms with Gasteiger partial charge in [0.15, 0.2) is 0 Å². The molecule has 0 aliphatic carbocycles. The second-order valence-electron chi connectivity index (χ2n) is 0.516. The first-order valence-corrected chi connectivity index (χ1v) is 3.41. The molecule has 0 aliphatic rings. The van der Waals surface area contributed by atoms with Crippen LogP contribution in [0.3, 0.4) is 0 Å². The van der Waals surface area contributed by atoms with Gasteiger partial charge < -0.3 is 2.98 Å². The van der Waals surface area contributed by atoms with Crippen LogP contribution >= 0.6 is 34.6 Å². The molecule has 0 aliphatic heterocycles. The second kappa shape index (κ2) is 5.10. The predicted molar refractivity (Wildman–Crippen MR) is 35.8 cm³/mol. The average Bonchev–Trinajstić information content (AvgIpc) is 1.41. The number of halogens is 1. The van der Waals surface area contributed by atoms with E-state index in [2.05, 4.69) is 2.98 Å². The van der Waals surface area contributed by atoms with Crippen molar-refractivity contribution >= 4 is 41.4 Å². The Balaban J connectivity index is 2.19. The zero-order valence-corrected chi connectivity index (χ0v) is 5.88. The Kier molecular flexibility index (Phi) is 6.23. The fourth-order valence-electron chi connectivity index (χ4n) is 0.0445. The summed E-state index contributed by atoms with van der Waals surface area (Å²) in [6.07, 6.45) is 2.00. The molecule has 0 saturated heterocycles. The van der Waals surface area contributed by atoms with E-state index in [0.717, 1.165) is 6.76 Å². The van der Waals surface area contributed by atoms with Gasteiger partial charge in [-0.05, 0) is 6.26 Å². The lowest BCUT2D eigenvalue weighted by Crippen LogP contribution is -1.74. The van der Waals surface area contributed by atoms with Crippen LogP contribution in [-0.2, 0) is 2.98 Å². The van der Waals surface area contributed by atoms with Crippen molar-refractivity contribution in [1.82, 2.24) is 0 Å². The molecule has 0 unspecified atom stereocenters. The van der Waals surface area contributed by atoms with Gasteiger partial charge in [0, 0.05) is 0 Å². The lowest BCUT2D eigenvalue weighted by molar-refractivity contribution is 0.801. The van der Waals surface area contributed by atoms with Crippen LogP contribution in [0.2, 0.25) is 0 Å². The van der Waals surface area contributed by atoms with Crippen LogP contribution < -0.4 is 0 Å². The molecular weight excluding hydrogens is 198 g/mol. The van der Waals surface area contributed by atoms with Gasteiger partial charge in [0.25, 0.3) is 0 Å². The van der Waals surface area contributed by atoms with Crippen molar-refractivity contribution in [3.8, 4) is 0 Å². The number of rotatable bonds is 2. The highest BCUT2D eigenvalue weighted by Crippen LogP contribution is 1.91. The van der Waals surface area contributed by atoms with E-state index >= 15 is 0 Å². The van der Waals surface area contributed by atoms with Crippen LogP contribution in [0, 0.1) is 0 Å². The summed E-state index contributed by atoms with van der Waals surface area (Å²) < 4.78 is 4.62. The van der Waals surface area contributed by atoms with E-state index in [1.165, 1.54) is 0 Å². The summed E-state index contributed by atoms with van der Waals surface area (Å²) in [5.41, 5.74) is 0. The van der Waals surface area contributed by atoms with E-state index in [9.17, 15) is 0 Å². The van der Waals surface area contributed by atoms with Crippen LogP contribution in [-0.4, -0.2) is 13.0 Å². The summed E-state index contributed by atoms with van der Waals surface area (Å²) in [4.78, 5) is 0. The topological polar surface area (TPSA) is 9.23 Å². The average molecular weight is 202 g/mol. The summed E-state index contributed by atoms with van der Waals surface area (Å²) in [6.45, 7) is 0.792. The van der Waals surface area contributed by atoms with Gasteiger partial charge in [0.1, 0.15) is 0 Å². The third-order valence-corrected chi connectivity index (χ3v) is 1.25. The van der Waals surface area contributed by atoms with Crippen molar-refractivity contribution in [2.75, 3.05) is 6.26 Å². The largest absolute Gasteiger partial charge is 0.367 e. The van der Waals surface area contributed by atoms with Crippen molar-refractivity contribution in [1.29, 1.82) is 0 Å². The van der Waals surface area contributed by atoms with Crippen molar-refractivity contribution in [3.63, 3.8) is 0 Å². The summed E-state index contributed by atoms with van der Waals surface area (Å²) in [6, 6.07) is 0. The molecule has 0 bridgehead atoms. The Bertz CT molecular complexity index is 19.1. The summed E-state index contributed by atoms with van der Waals surface area (Å²) in [5.74, 6) is 0. The van der Waals surface area contributed by atoms with E-state index < -0.39 is 0 Å². The van der Waals surface area contributed by atoms with Crippen LogP contribution in [0.25, 0.3) is 0 Å². The van der Waals surface area contributed by atoms with Gasteiger partial charge in [-0.1, -0.05) is 0 Å². The summed E-state index contributed by atoms with van der Waals surface area (Å²) in [5, 5.41) is 0. The molecule has 0 aromatic heterocycles. The van der Waals surface area contributed by atoms with Gasteiger partial charge in [-0.2, -0.15) is 11.6 Å². The first-order valence-electron chi connectivity index (χ1n) is 1.14. The molecule has 0 radical (unpaired) electrons. The fraction of sp³-hybridized carbons (Fsp3) is 1.00. The van der Waals surface area contributed by atoms with E-state index in [1.807, 2.05) is 29.3 Å². The molecule has 0 N–H and O–H groups in total. The Hall–Kier alpha value is 1.10. The maximum atomic E-state index is 4.62. The molecule has 0 heterocycles. The Morgan fingerprint density at radius 1 is 2.00 bits per heavy atom. The highest BCUT2D eigenvalue weighted by atomic mass is 127. The maximum Gasteiger partial charge on any atom is 0.355 e. The molecule has 0 spiro atoms. The van der Waals surface area contributed by atoms with E-state index in [-0.39, 0.29) is 0 Å². The highest BCUT2D eigenvalue weighted by molar-refractivity contribution is 14.1. The normalized spacial score (nSPS) is 7.60. The summed E-state index contributed by atoms with van der Waals surface area (Å²) >= 11 is 3.54. The number of hydrogen-bond donors (Lipinski definition) is 0. The molecule has 1 nitrogen and oxygen atoms in total. The molecule has 0 atom stereocenters. The molecule has 0 aromatic carbocycles. The molecule has 0 rings (SSSR count). The molecular formula is CH4BIOS. The quantitative estimate of drug-likeness (QED) is 0.487. The Morgan fingerprint density at radius 3 is 2.60 bits per heavy atom. The van der Waals surface area contributed by atoms with Crippen molar-refractivity contribution in [3.05, 3.63) is 0 Å². The lowest BCUT2D eigenvalue weighted by Gasteiger charge is -1.77. The SMILES string of the molecule is CSBOI. The Morgan fingerprint density at radius 2 is 2.60 bits per heavy atom. The minimum absolute atomic E-state index is 0.792. The standard InChI is InChI=1S/CH4BIOS/c1-5-2-4-3/h2H,1H3. The first kappa shape index (κ1) is 6.10. The van der Waals surface area contributed by atoms with Crippen LogP contribution in [0.1, 0.15) is 0 Å². The van der Waals surface area contributed by atoms with Crippen molar-refractivity contribution in [2.24, 2.45) is 0 Å². The van der Waals surface area contributed by atoms with Gasteiger partial charge in [-0.3, -0.25) is 0 Å². The molecule has 0 aromatic rings. The van der Waals surface area contributed by atoms with Crippen molar-refractivity contribution in [2.45, 2.75) is 0 Å². The van der Waals surface area contributed by atoms with Gasteiger partial charge in [-0.15, -0.1) is 0 Å². The Labute approximate surface area is 50.7 Å². The number of hydrogen-bond acceptors (Lipinski definition) is 2. The van der Waals surface area contributed by atoms with Crippen LogP contribution in [0.15, 0.2) is 0 Å². The molecule has 0 fully saturated rings. The van der Waals surface area contributed by atoms with Crippen LogP contribution in [0.5, 0.6) is 0 Å². The first-order chi connectivity index (χ1) is 2.41. The van der Waals surface area contributed by atoms with Crippen LogP contribution in [0.4, 0.5) is 0 Å². The zero-order valence-electron chi connectivity index (χ0n) is 2.90. The molecule has 4 heteroatoms. The smallest absolute Gasteiger partial charge is 0.355 e. The van der Waals surface area contributed by atoms with Gasteiger partial charge in [0.05, 0.1) is 23.0 Å². The molecule has 5 heavy (non-hydrogen) atoms. The molecule has 30 valence electrons. The van der Waals surface area contributed by atoms with E-state index in [4.69, 9.17) is 0 Å². The summed E-state index contributed by atoms with van der Waals surface area (Å²) in [7, 11) is 0. The van der Waals surface area contributed by atoms with Gasteiger partial charge in [-0.25, -0.2) is 0 Å². The highest BCUT2D eigenvalue weighted by Gasteiger charge is 1.75. The van der Waals surface area contributed by atoms with Gasteiger partial charge in [0.2, 0.25) is 0 Å². The monoisotopic (exact) mass is 202 g/mol. The zero-order chi connectivity index (χ0) is 4.12. The van der Waals surface area contributed by atoms with E-state index in [0.29, 0.717) is 0 Å². The van der Waals surface area contributed by atoms with Crippen molar-refractivity contribution < 1.29 is 2.98 Å². The molecule has 0 saturated carbocycles. The minimum Gasteiger partial charge on any atom is -0.367 e. The minimum atomic E-state index is 0.792. The van der Waals surface area contributed by atoms with E-state index in [1.54, 1.807) is 11.6 Å².